The van der Waals surface area contributed by atoms with E-state index in [0.717, 1.165) is 24.1 Å². The van der Waals surface area contributed by atoms with Gasteiger partial charge in [0.15, 0.2) is 0 Å². The smallest absolute Gasteiger partial charge is 0.341 e. The molecule has 110 valence electrons. The molecule has 0 saturated carbocycles. The molecule has 1 aliphatic heterocycles. The Hall–Kier alpha value is -2.70. The Morgan fingerprint density at radius 3 is 2.57 bits per heavy atom. The zero-order valence-corrected chi connectivity index (χ0v) is 11.8. The normalized spacial score (nSPS) is 12.7. The quantitative estimate of drug-likeness (QED) is 0.892. The molecule has 2 aromatic rings. The molecule has 3 N–H and O–H groups in total. The van der Waals surface area contributed by atoms with Gasteiger partial charge in [-0.05, 0) is 18.6 Å². The number of anilines is 1. The van der Waals surface area contributed by atoms with Crippen molar-refractivity contribution >= 4 is 11.8 Å². The fourth-order valence-electron chi connectivity index (χ4n) is 2.62. The monoisotopic (exact) mass is 288 g/mol. The van der Waals surface area contributed by atoms with E-state index in [1.54, 1.807) is 14.2 Å². The van der Waals surface area contributed by atoms with Crippen molar-refractivity contribution in [3.05, 3.63) is 23.8 Å². The van der Waals surface area contributed by atoms with E-state index in [4.69, 9.17) is 15.2 Å². The lowest BCUT2D eigenvalue weighted by Gasteiger charge is -2.11. The second kappa shape index (κ2) is 5.01. The van der Waals surface area contributed by atoms with E-state index in [0.29, 0.717) is 23.0 Å². The number of methoxy groups -OCH3 is 2. The summed E-state index contributed by atoms with van der Waals surface area (Å²) in [5.74, 6) is 1.92. The molecule has 1 aliphatic rings. The highest BCUT2D eigenvalue weighted by molar-refractivity contribution is 5.86. The summed E-state index contributed by atoms with van der Waals surface area (Å²) in [4.78, 5) is 11.5. The Morgan fingerprint density at radius 1 is 1.33 bits per heavy atom. The highest BCUT2D eigenvalue weighted by Gasteiger charge is 2.28. The first-order valence-corrected chi connectivity index (χ1v) is 6.54. The third-order valence-electron chi connectivity index (χ3n) is 3.52. The number of hydrogen-bond acceptors (Lipinski definition) is 5. The summed E-state index contributed by atoms with van der Waals surface area (Å²) in [5.41, 5.74) is 7.70. The van der Waals surface area contributed by atoms with Crippen LogP contribution in [0.2, 0.25) is 0 Å². The topological polar surface area (TPSA) is 91.4 Å². The maximum absolute atomic E-state index is 11.5. The van der Waals surface area contributed by atoms with Crippen LogP contribution in [-0.2, 0) is 6.42 Å². The average Bonchev–Trinajstić information content (AvgIpc) is 3.08. The fourth-order valence-corrected chi connectivity index (χ4v) is 2.62. The number of nitrogens with two attached hydrogens (primary N) is 1. The van der Waals surface area contributed by atoms with Crippen LogP contribution in [0.1, 0.15) is 5.56 Å². The van der Waals surface area contributed by atoms with Crippen molar-refractivity contribution in [2.75, 3.05) is 26.1 Å². The molecule has 3 rings (SSSR count). The predicted molar refractivity (Wildman–Crippen MR) is 77.9 cm³/mol. The second-order valence-corrected chi connectivity index (χ2v) is 4.64. The van der Waals surface area contributed by atoms with Gasteiger partial charge in [0.1, 0.15) is 23.0 Å². The highest BCUT2D eigenvalue weighted by atomic mass is 16.5. The Bertz CT molecular complexity index is 686. The van der Waals surface area contributed by atoms with Crippen LogP contribution in [0.15, 0.2) is 18.2 Å². The fraction of sp³-hybridized carbons (Fsp3) is 0.286. The maximum atomic E-state index is 11.5. The van der Waals surface area contributed by atoms with Crippen molar-refractivity contribution in [1.82, 2.24) is 9.78 Å². The number of primary amides is 1. The molecule has 1 amide bonds. The summed E-state index contributed by atoms with van der Waals surface area (Å²) in [6.45, 7) is 0.741. The van der Waals surface area contributed by atoms with Gasteiger partial charge < -0.3 is 20.5 Å². The lowest BCUT2D eigenvalue weighted by molar-refractivity contribution is 0.248. The van der Waals surface area contributed by atoms with Crippen molar-refractivity contribution in [3.63, 3.8) is 0 Å². The van der Waals surface area contributed by atoms with Gasteiger partial charge in [0.25, 0.3) is 0 Å². The Morgan fingerprint density at radius 2 is 2.00 bits per heavy atom. The van der Waals surface area contributed by atoms with Crippen molar-refractivity contribution in [2.45, 2.75) is 6.42 Å². The number of nitrogens with zero attached hydrogens (tertiary/aromatic N) is 2. The maximum Gasteiger partial charge on any atom is 0.341 e. The standard InChI is InChI=1S/C14H16N4O3/c1-20-9-4-3-5-10(21-2)11(9)12-8-6-7-16-13(8)18(17-12)14(15)19/h3-5,16H,6-7H2,1-2H3,(H2,15,19). The highest BCUT2D eigenvalue weighted by Crippen LogP contribution is 2.42. The summed E-state index contributed by atoms with van der Waals surface area (Å²) in [6.07, 6.45) is 0.763. The van der Waals surface area contributed by atoms with E-state index in [1.165, 1.54) is 4.68 Å². The largest absolute Gasteiger partial charge is 0.496 e. The predicted octanol–water partition coefficient (Wildman–Crippen LogP) is 1.46. The molecule has 0 aliphatic carbocycles. The number of nitrogens with one attached hydrogen (secondary N) is 1. The van der Waals surface area contributed by atoms with Crippen molar-refractivity contribution in [3.8, 4) is 22.8 Å². The van der Waals surface area contributed by atoms with Crippen LogP contribution in [0.3, 0.4) is 0 Å². The van der Waals surface area contributed by atoms with Crippen molar-refractivity contribution < 1.29 is 14.3 Å². The molecular formula is C14H16N4O3. The minimum Gasteiger partial charge on any atom is -0.496 e. The van der Waals surface area contributed by atoms with Gasteiger partial charge in [0.05, 0.1) is 19.8 Å². The van der Waals surface area contributed by atoms with Gasteiger partial charge in [-0.25, -0.2) is 4.79 Å². The number of carbonyl (C=O) groups excluding carboxylic acids is 1. The third kappa shape index (κ3) is 1.97. The molecule has 0 fully saturated rings. The SMILES string of the molecule is COc1cccc(OC)c1-c1nn(C(N)=O)c2c1CCN2. The summed E-state index contributed by atoms with van der Waals surface area (Å²) in [7, 11) is 3.17. The van der Waals surface area contributed by atoms with Gasteiger partial charge in [-0.3, -0.25) is 0 Å². The summed E-state index contributed by atoms with van der Waals surface area (Å²) >= 11 is 0. The van der Waals surface area contributed by atoms with Gasteiger partial charge in [-0.1, -0.05) is 6.07 Å². The summed E-state index contributed by atoms with van der Waals surface area (Å²) < 4.78 is 12.0. The van der Waals surface area contributed by atoms with E-state index in [1.807, 2.05) is 18.2 Å². The van der Waals surface area contributed by atoms with E-state index in [-0.39, 0.29) is 0 Å². The first kappa shape index (κ1) is 13.3. The second-order valence-electron chi connectivity index (χ2n) is 4.64. The third-order valence-corrected chi connectivity index (χ3v) is 3.52. The van der Waals surface area contributed by atoms with Gasteiger partial charge in [0, 0.05) is 12.1 Å². The van der Waals surface area contributed by atoms with Gasteiger partial charge in [0.2, 0.25) is 0 Å². The van der Waals surface area contributed by atoms with Gasteiger partial charge >= 0.3 is 6.03 Å². The first-order chi connectivity index (χ1) is 10.2. The van der Waals surface area contributed by atoms with E-state index < -0.39 is 6.03 Å². The van der Waals surface area contributed by atoms with Crippen molar-refractivity contribution in [2.24, 2.45) is 5.73 Å². The number of amides is 1. The number of hydrogen-bond donors (Lipinski definition) is 2. The molecule has 0 spiro atoms. The molecule has 0 radical (unpaired) electrons. The van der Waals surface area contributed by atoms with Crippen LogP contribution in [0, 0.1) is 0 Å². The molecule has 7 heteroatoms. The molecule has 7 nitrogen and oxygen atoms in total. The zero-order valence-electron chi connectivity index (χ0n) is 11.8. The van der Waals surface area contributed by atoms with Crippen LogP contribution >= 0.6 is 0 Å². The Labute approximate surface area is 121 Å². The molecule has 1 aromatic carbocycles. The number of benzene rings is 1. The van der Waals surface area contributed by atoms with Crippen LogP contribution in [0.5, 0.6) is 11.5 Å². The molecular weight excluding hydrogens is 272 g/mol. The number of aromatic nitrogens is 2. The van der Waals surface area contributed by atoms with E-state index in [2.05, 4.69) is 10.4 Å². The summed E-state index contributed by atoms with van der Waals surface area (Å²) in [5, 5.41) is 7.47. The van der Waals surface area contributed by atoms with Gasteiger partial charge in [-0.2, -0.15) is 9.78 Å². The zero-order chi connectivity index (χ0) is 15.0. The van der Waals surface area contributed by atoms with Crippen LogP contribution in [0.25, 0.3) is 11.3 Å². The van der Waals surface area contributed by atoms with Crippen LogP contribution < -0.4 is 20.5 Å². The van der Waals surface area contributed by atoms with Crippen LogP contribution in [-0.4, -0.2) is 36.6 Å². The van der Waals surface area contributed by atoms with E-state index in [9.17, 15) is 4.79 Å². The van der Waals surface area contributed by atoms with Crippen LogP contribution in [0.4, 0.5) is 10.6 Å². The lowest BCUT2D eigenvalue weighted by atomic mass is 10.0. The number of fused-ring (bicyclic) bond motifs is 1. The average molecular weight is 288 g/mol. The Balaban J connectivity index is 2.27. The molecule has 0 bridgehead atoms. The minimum absolute atomic E-state index is 0.624. The molecule has 0 saturated heterocycles. The number of rotatable bonds is 3. The number of ether oxygens (including phenoxy) is 2. The van der Waals surface area contributed by atoms with E-state index >= 15 is 0 Å². The molecule has 1 aromatic heterocycles. The molecule has 2 heterocycles. The molecule has 21 heavy (non-hydrogen) atoms. The Kier molecular flexibility index (Phi) is 3.17. The summed E-state index contributed by atoms with van der Waals surface area (Å²) in [6, 6.07) is 4.87. The first-order valence-electron chi connectivity index (χ1n) is 6.54. The minimum atomic E-state index is -0.624. The van der Waals surface area contributed by atoms with Gasteiger partial charge in [-0.15, -0.1) is 0 Å². The molecule has 0 atom stereocenters. The lowest BCUT2D eigenvalue weighted by Crippen LogP contribution is -2.22. The molecule has 0 unspecified atom stereocenters. The number of carbonyl (C=O) groups is 1. The van der Waals surface area contributed by atoms with Crippen molar-refractivity contribution in [1.29, 1.82) is 0 Å².